The molecule has 5 rings (SSSR count). The first kappa shape index (κ1) is 23.5. The van der Waals surface area contributed by atoms with E-state index in [4.69, 9.17) is 9.73 Å². The largest absolute Gasteiger partial charge is 0.497 e. The minimum Gasteiger partial charge on any atom is -0.497 e. The lowest BCUT2D eigenvalue weighted by atomic mass is 9.95. The van der Waals surface area contributed by atoms with Crippen molar-refractivity contribution in [2.24, 2.45) is 4.99 Å². The van der Waals surface area contributed by atoms with Crippen molar-refractivity contribution in [3.05, 3.63) is 127 Å². The first-order valence-electron chi connectivity index (χ1n) is 11.5. The molecule has 1 N–H and O–H groups in total. The highest BCUT2D eigenvalue weighted by Gasteiger charge is 2.32. The number of anilines is 1. The maximum Gasteiger partial charge on any atom is 0.271 e. The van der Waals surface area contributed by atoms with E-state index in [1.165, 1.54) is 11.3 Å². The van der Waals surface area contributed by atoms with Crippen molar-refractivity contribution in [1.82, 2.24) is 4.57 Å². The highest BCUT2D eigenvalue weighted by molar-refractivity contribution is 7.07. The second-order valence-electron chi connectivity index (χ2n) is 8.53. The number of hydrogen-bond donors (Lipinski definition) is 1. The summed E-state index contributed by atoms with van der Waals surface area (Å²) in [6, 6.07) is 24.1. The molecule has 0 bridgehead atoms. The zero-order valence-corrected chi connectivity index (χ0v) is 21.0. The first-order valence-corrected chi connectivity index (χ1v) is 12.4. The van der Waals surface area contributed by atoms with E-state index in [0.717, 1.165) is 28.1 Å². The maximum atomic E-state index is 13.7. The average molecular weight is 496 g/mol. The number of aromatic nitrogens is 1. The molecule has 0 radical (unpaired) electrons. The molecule has 0 saturated carbocycles. The number of benzene rings is 3. The minimum absolute atomic E-state index is 0.183. The Kier molecular flexibility index (Phi) is 6.40. The molecule has 180 valence electrons. The minimum atomic E-state index is -0.593. The Bertz CT molecular complexity index is 1650. The van der Waals surface area contributed by atoms with Gasteiger partial charge in [-0.25, -0.2) is 4.99 Å². The zero-order chi connectivity index (χ0) is 25.2. The highest BCUT2D eigenvalue weighted by atomic mass is 32.1. The van der Waals surface area contributed by atoms with Crippen LogP contribution in [0, 0.1) is 6.92 Å². The van der Waals surface area contributed by atoms with Crippen LogP contribution in [0.25, 0.3) is 6.08 Å². The summed E-state index contributed by atoms with van der Waals surface area (Å²) in [6.07, 6.45) is 1.84. The molecule has 1 aliphatic heterocycles. The third-order valence-electron chi connectivity index (χ3n) is 6.19. The van der Waals surface area contributed by atoms with E-state index in [9.17, 15) is 9.59 Å². The van der Waals surface area contributed by atoms with Crippen LogP contribution in [0.3, 0.4) is 0 Å². The topological polar surface area (TPSA) is 72.7 Å². The third kappa shape index (κ3) is 4.41. The molecule has 7 heteroatoms. The Balaban J connectivity index is 1.64. The fourth-order valence-electron chi connectivity index (χ4n) is 4.32. The molecule has 1 atom stereocenters. The summed E-state index contributed by atoms with van der Waals surface area (Å²) in [5.74, 6) is 0.474. The molecule has 0 spiro atoms. The maximum absolute atomic E-state index is 13.7. The van der Waals surface area contributed by atoms with E-state index in [1.807, 2.05) is 98.8 Å². The van der Waals surface area contributed by atoms with E-state index < -0.39 is 6.04 Å². The summed E-state index contributed by atoms with van der Waals surface area (Å²) in [6.45, 7) is 3.77. The van der Waals surface area contributed by atoms with Crippen LogP contribution in [0.2, 0.25) is 0 Å². The summed E-state index contributed by atoms with van der Waals surface area (Å²) in [4.78, 5) is 32.6. The van der Waals surface area contributed by atoms with Gasteiger partial charge in [-0.1, -0.05) is 72.0 Å². The van der Waals surface area contributed by atoms with Gasteiger partial charge in [-0.2, -0.15) is 0 Å². The number of aryl methyl sites for hydroxylation is 1. The smallest absolute Gasteiger partial charge is 0.271 e. The number of carbonyl (C=O) groups excluding carboxylic acids is 1. The van der Waals surface area contributed by atoms with Gasteiger partial charge in [0, 0.05) is 5.69 Å². The number of ether oxygens (including phenoxy) is 1. The summed E-state index contributed by atoms with van der Waals surface area (Å²) in [5.41, 5.74) is 4.27. The normalized spacial score (nSPS) is 15.3. The molecule has 36 heavy (non-hydrogen) atoms. The number of thiazole rings is 1. The number of rotatable bonds is 5. The summed E-state index contributed by atoms with van der Waals surface area (Å²) < 4.78 is 7.42. The Hall–Kier alpha value is -4.23. The molecule has 1 amide bonds. The number of allylic oxidation sites excluding steroid dienone is 1. The number of para-hydroxylation sites is 1. The van der Waals surface area contributed by atoms with Crippen LogP contribution in [0.1, 0.15) is 29.7 Å². The Morgan fingerprint density at radius 1 is 1.00 bits per heavy atom. The second-order valence-corrected chi connectivity index (χ2v) is 9.54. The lowest BCUT2D eigenvalue weighted by Gasteiger charge is -2.25. The fourth-order valence-corrected chi connectivity index (χ4v) is 5.36. The predicted octanol–water partition coefficient (Wildman–Crippen LogP) is 4.19. The average Bonchev–Trinajstić information content (AvgIpc) is 3.19. The van der Waals surface area contributed by atoms with Crippen LogP contribution < -0.4 is 24.9 Å². The van der Waals surface area contributed by atoms with E-state index in [0.29, 0.717) is 20.6 Å². The van der Waals surface area contributed by atoms with E-state index >= 15 is 0 Å². The number of hydrogen-bond acceptors (Lipinski definition) is 5. The zero-order valence-electron chi connectivity index (χ0n) is 20.2. The van der Waals surface area contributed by atoms with E-state index in [1.54, 1.807) is 11.7 Å². The van der Waals surface area contributed by atoms with Crippen LogP contribution in [-0.2, 0) is 4.79 Å². The molecular weight excluding hydrogens is 470 g/mol. The van der Waals surface area contributed by atoms with Gasteiger partial charge < -0.3 is 10.1 Å². The van der Waals surface area contributed by atoms with E-state index in [-0.39, 0.29) is 11.5 Å². The van der Waals surface area contributed by atoms with Crippen molar-refractivity contribution in [3.63, 3.8) is 0 Å². The van der Waals surface area contributed by atoms with Crippen molar-refractivity contribution in [1.29, 1.82) is 0 Å². The van der Waals surface area contributed by atoms with Crippen LogP contribution in [0.4, 0.5) is 5.69 Å². The Morgan fingerprint density at radius 3 is 2.39 bits per heavy atom. The van der Waals surface area contributed by atoms with Gasteiger partial charge in [-0.3, -0.25) is 14.2 Å². The number of nitrogens with zero attached hydrogens (tertiary/aromatic N) is 2. The van der Waals surface area contributed by atoms with Crippen molar-refractivity contribution in [2.75, 3.05) is 12.4 Å². The number of fused-ring (bicyclic) bond motifs is 1. The predicted molar refractivity (Wildman–Crippen MR) is 143 cm³/mol. The molecule has 0 fully saturated rings. The van der Waals surface area contributed by atoms with Gasteiger partial charge in [0.1, 0.15) is 5.75 Å². The van der Waals surface area contributed by atoms with Crippen molar-refractivity contribution < 1.29 is 9.53 Å². The van der Waals surface area contributed by atoms with Crippen molar-refractivity contribution in [3.8, 4) is 5.75 Å². The Morgan fingerprint density at radius 2 is 1.69 bits per heavy atom. The molecule has 0 aliphatic carbocycles. The molecule has 6 nitrogen and oxygen atoms in total. The molecule has 3 aromatic carbocycles. The van der Waals surface area contributed by atoms with Gasteiger partial charge in [0.05, 0.1) is 29.0 Å². The Labute approximate surface area is 212 Å². The number of amides is 1. The summed E-state index contributed by atoms with van der Waals surface area (Å²) >= 11 is 1.32. The molecule has 2 heterocycles. The standard InChI is InChI=1S/C29H25N3O3S/c1-18-9-7-8-12-23(18)31-27(33)25-19(2)30-29-32(26(25)21-10-5-4-6-11-21)28(34)24(36-29)17-20-13-15-22(35-3)16-14-20/h4-17,26H,1-3H3,(H,31,33). The summed E-state index contributed by atoms with van der Waals surface area (Å²) in [7, 11) is 1.62. The van der Waals surface area contributed by atoms with Crippen LogP contribution >= 0.6 is 11.3 Å². The quantitative estimate of drug-likeness (QED) is 0.451. The van der Waals surface area contributed by atoms with Crippen LogP contribution in [-0.4, -0.2) is 17.6 Å². The molecule has 1 aliphatic rings. The van der Waals surface area contributed by atoms with Gasteiger partial charge in [0.15, 0.2) is 4.80 Å². The number of nitrogens with one attached hydrogen (secondary N) is 1. The van der Waals surface area contributed by atoms with Crippen LogP contribution in [0.5, 0.6) is 5.75 Å². The SMILES string of the molecule is COc1ccc(C=c2sc3n(c2=O)C(c2ccccc2)C(C(=O)Nc2ccccc2C)=C(C)N=3)cc1. The molecule has 4 aromatic rings. The highest BCUT2D eigenvalue weighted by Crippen LogP contribution is 2.31. The number of carbonyl (C=O) groups is 1. The van der Waals surface area contributed by atoms with Gasteiger partial charge in [-0.05, 0) is 54.8 Å². The van der Waals surface area contributed by atoms with Crippen molar-refractivity contribution >= 4 is 29.0 Å². The lowest BCUT2D eigenvalue weighted by molar-refractivity contribution is -0.113. The van der Waals surface area contributed by atoms with Gasteiger partial charge in [-0.15, -0.1) is 0 Å². The van der Waals surface area contributed by atoms with Gasteiger partial charge >= 0.3 is 0 Å². The monoisotopic (exact) mass is 495 g/mol. The summed E-state index contributed by atoms with van der Waals surface area (Å²) in [5, 5.41) is 3.03. The van der Waals surface area contributed by atoms with Crippen LogP contribution in [0.15, 0.2) is 99.9 Å². The fraction of sp³-hybridized carbons (Fsp3) is 0.138. The first-order chi connectivity index (χ1) is 17.5. The molecule has 1 aromatic heterocycles. The number of methoxy groups -OCH3 is 1. The molecular formula is C29H25N3O3S. The molecule has 0 saturated heterocycles. The molecule has 1 unspecified atom stereocenters. The van der Waals surface area contributed by atoms with Crippen molar-refractivity contribution in [2.45, 2.75) is 19.9 Å². The van der Waals surface area contributed by atoms with E-state index in [2.05, 4.69) is 5.32 Å². The van der Waals surface area contributed by atoms with Gasteiger partial charge in [0.25, 0.3) is 11.5 Å². The van der Waals surface area contributed by atoms with Gasteiger partial charge in [0.2, 0.25) is 0 Å². The lowest BCUT2D eigenvalue weighted by Crippen LogP contribution is -2.40. The third-order valence-corrected chi connectivity index (χ3v) is 7.17. The second kappa shape index (κ2) is 9.79.